The molecule has 0 fully saturated rings. The van der Waals surface area contributed by atoms with Crippen molar-refractivity contribution in [3.63, 3.8) is 0 Å². The van der Waals surface area contributed by atoms with Gasteiger partial charge >= 0.3 is 5.69 Å². The highest BCUT2D eigenvalue weighted by Gasteiger charge is 2.15. The van der Waals surface area contributed by atoms with Crippen LogP contribution in [0.3, 0.4) is 0 Å². The Morgan fingerprint density at radius 1 is 1.28 bits per heavy atom. The summed E-state index contributed by atoms with van der Waals surface area (Å²) in [6, 6.07) is 4.73. The Kier molecular flexibility index (Phi) is 8.76. The maximum absolute atomic E-state index is 11.7. The van der Waals surface area contributed by atoms with Gasteiger partial charge < -0.3 is 15.4 Å². The van der Waals surface area contributed by atoms with E-state index >= 15 is 0 Å². The number of carbonyl (C=O) groups is 2. The molecule has 1 aromatic rings. The lowest BCUT2D eigenvalue weighted by molar-refractivity contribution is -0.385. The van der Waals surface area contributed by atoms with Crippen molar-refractivity contribution in [1.82, 2.24) is 10.6 Å². The number of nitro benzene ring substituents is 1. The van der Waals surface area contributed by atoms with Gasteiger partial charge in [0.2, 0.25) is 11.8 Å². The molecule has 25 heavy (non-hydrogen) atoms. The first-order valence-corrected chi connectivity index (χ1v) is 8.94. The average Bonchev–Trinajstić information content (AvgIpc) is 2.58. The van der Waals surface area contributed by atoms with E-state index in [2.05, 4.69) is 10.6 Å². The summed E-state index contributed by atoms with van der Waals surface area (Å²) in [6.45, 7) is 4.35. The van der Waals surface area contributed by atoms with Gasteiger partial charge in [-0.15, -0.1) is 11.8 Å². The number of methoxy groups -OCH3 is 1. The summed E-state index contributed by atoms with van der Waals surface area (Å²) in [6.07, 6.45) is 0. The molecule has 0 aliphatic heterocycles. The molecule has 0 saturated carbocycles. The number of nitrogens with one attached hydrogen (secondary N) is 2. The van der Waals surface area contributed by atoms with Crippen LogP contribution in [-0.2, 0) is 15.3 Å². The van der Waals surface area contributed by atoms with Crippen LogP contribution in [0, 0.1) is 16.0 Å². The minimum Gasteiger partial charge on any atom is -0.490 e. The van der Waals surface area contributed by atoms with Crippen molar-refractivity contribution in [1.29, 1.82) is 0 Å². The van der Waals surface area contributed by atoms with Crippen LogP contribution in [-0.4, -0.2) is 42.7 Å². The molecule has 138 valence electrons. The van der Waals surface area contributed by atoms with Crippen molar-refractivity contribution >= 4 is 29.3 Å². The maximum atomic E-state index is 11.7. The Morgan fingerprint density at radius 2 is 1.96 bits per heavy atom. The predicted molar refractivity (Wildman–Crippen MR) is 96.7 cm³/mol. The van der Waals surface area contributed by atoms with Gasteiger partial charge in [0.05, 0.1) is 17.8 Å². The zero-order valence-electron chi connectivity index (χ0n) is 14.5. The van der Waals surface area contributed by atoms with Crippen molar-refractivity contribution in [3.8, 4) is 5.75 Å². The Bertz CT molecular complexity index is 622. The first-order chi connectivity index (χ1) is 11.8. The van der Waals surface area contributed by atoms with E-state index in [0.717, 1.165) is 5.56 Å². The van der Waals surface area contributed by atoms with Gasteiger partial charge in [0.25, 0.3) is 0 Å². The quantitative estimate of drug-likeness (QED) is 0.369. The molecule has 0 atom stereocenters. The molecule has 0 bridgehead atoms. The number of amides is 2. The van der Waals surface area contributed by atoms with Crippen LogP contribution in [0.1, 0.15) is 19.4 Å². The minimum atomic E-state index is -0.495. The third kappa shape index (κ3) is 7.42. The van der Waals surface area contributed by atoms with Crippen LogP contribution in [0.4, 0.5) is 5.69 Å². The van der Waals surface area contributed by atoms with E-state index in [9.17, 15) is 19.7 Å². The molecule has 2 N–H and O–H groups in total. The number of rotatable bonds is 10. The molecular weight excluding hydrogens is 346 g/mol. The van der Waals surface area contributed by atoms with Crippen LogP contribution < -0.4 is 15.4 Å². The number of ether oxygens (including phenoxy) is 1. The smallest absolute Gasteiger partial charge is 0.311 e. The molecule has 0 aliphatic carbocycles. The van der Waals surface area contributed by atoms with E-state index < -0.39 is 4.92 Å². The molecule has 1 rings (SSSR count). The molecule has 0 aromatic heterocycles. The Hall–Kier alpha value is -2.29. The lowest BCUT2D eigenvalue weighted by atomic mass is 10.2. The van der Waals surface area contributed by atoms with Gasteiger partial charge in [-0.3, -0.25) is 19.7 Å². The topological polar surface area (TPSA) is 111 Å². The zero-order valence-corrected chi connectivity index (χ0v) is 15.4. The third-order valence-corrected chi connectivity index (χ3v) is 4.22. The lowest BCUT2D eigenvalue weighted by Crippen LogP contribution is -2.36. The summed E-state index contributed by atoms with van der Waals surface area (Å²) in [5.41, 5.74) is 0.653. The number of carbonyl (C=O) groups excluding carboxylic acids is 2. The minimum absolute atomic E-state index is 0.0512. The highest BCUT2D eigenvalue weighted by Crippen LogP contribution is 2.28. The molecular formula is C16H23N3O5S. The zero-order chi connectivity index (χ0) is 18.8. The van der Waals surface area contributed by atoms with Gasteiger partial charge in [-0.05, 0) is 11.6 Å². The largest absolute Gasteiger partial charge is 0.490 e. The molecule has 0 unspecified atom stereocenters. The van der Waals surface area contributed by atoms with E-state index in [4.69, 9.17) is 4.74 Å². The number of benzene rings is 1. The lowest BCUT2D eigenvalue weighted by Gasteiger charge is -2.09. The number of nitrogens with zero attached hydrogens (tertiary/aromatic N) is 1. The highest BCUT2D eigenvalue weighted by molar-refractivity contribution is 7.99. The van der Waals surface area contributed by atoms with Crippen molar-refractivity contribution in [2.24, 2.45) is 5.92 Å². The SMILES string of the molecule is COc1ccc(CSCC(=O)NCCNC(=O)C(C)C)cc1[N+](=O)[O-]. The molecule has 0 aliphatic rings. The molecule has 0 saturated heterocycles. The fourth-order valence-electron chi connectivity index (χ4n) is 1.87. The summed E-state index contributed by atoms with van der Waals surface area (Å²) in [5.74, 6) is 0.636. The number of thioether (sulfide) groups is 1. The molecule has 8 nitrogen and oxygen atoms in total. The summed E-state index contributed by atoms with van der Waals surface area (Å²) in [7, 11) is 1.38. The van der Waals surface area contributed by atoms with Crippen molar-refractivity contribution in [2.75, 3.05) is 26.0 Å². The van der Waals surface area contributed by atoms with Gasteiger partial charge in [0.15, 0.2) is 5.75 Å². The van der Waals surface area contributed by atoms with Crippen LogP contribution in [0.5, 0.6) is 5.75 Å². The summed E-state index contributed by atoms with van der Waals surface area (Å²) in [5, 5.41) is 16.4. The third-order valence-electron chi connectivity index (χ3n) is 3.21. The second-order valence-corrected chi connectivity index (χ2v) is 6.54. The standard InChI is InChI=1S/C16H23N3O5S/c1-11(2)16(21)18-7-6-17-15(20)10-25-9-12-4-5-14(24-3)13(8-12)19(22)23/h4-5,8,11H,6-7,9-10H2,1-3H3,(H,17,20)(H,18,21). The van der Waals surface area contributed by atoms with Crippen molar-refractivity contribution < 1.29 is 19.2 Å². The second-order valence-electron chi connectivity index (χ2n) is 5.55. The Balaban J connectivity index is 2.32. The summed E-state index contributed by atoms with van der Waals surface area (Å²) in [4.78, 5) is 33.5. The van der Waals surface area contributed by atoms with Gasteiger partial charge in [0.1, 0.15) is 0 Å². The van der Waals surface area contributed by atoms with E-state index in [0.29, 0.717) is 18.8 Å². The summed E-state index contributed by atoms with van der Waals surface area (Å²) >= 11 is 1.35. The van der Waals surface area contributed by atoms with Crippen LogP contribution >= 0.6 is 11.8 Å². The fourth-order valence-corrected chi connectivity index (χ4v) is 2.68. The van der Waals surface area contributed by atoms with E-state index in [-0.39, 0.29) is 34.9 Å². The Morgan fingerprint density at radius 3 is 2.56 bits per heavy atom. The first-order valence-electron chi connectivity index (χ1n) is 7.78. The average molecular weight is 369 g/mol. The van der Waals surface area contributed by atoms with Gasteiger partial charge in [-0.1, -0.05) is 19.9 Å². The predicted octanol–water partition coefficient (Wildman–Crippen LogP) is 1.72. The van der Waals surface area contributed by atoms with Crippen LogP contribution in [0.2, 0.25) is 0 Å². The normalized spacial score (nSPS) is 10.4. The van der Waals surface area contributed by atoms with Gasteiger partial charge in [0, 0.05) is 30.8 Å². The molecule has 9 heteroatoms. The Labute approximate surface area is 150 Å². The molecule has 0 spiro atoms. The van der Waals surface area contributed by atoms with E-state index in [1.807, 2.05) is 0 Å². The van der Waals surface area contributed by atoms with Crippen molar-refractivity contribution in [2.45, 2.75) is 19.6 Å². The van der Waals surface area contributed by atoms with Crippen LogP contribution in [0.25, 0.3) is 0 Å². The number of nitro groups is 1. The molecule has 1 aromatic carbocycles. The number of hydrogen-bond donors (Lipinski definition) is 2. The summed E-state index contributed by atoms with van der Waals surface area (Å²) < 4.78 is 4.95. The number of hydrogen-bond acceptors (Lipinski definition) is 6. The molecule has 0 radical (unpaired) electrons. The fraction of sp³-hybridized carbons (Fsp3) is 0.500. The second kappa shape index (κ2) is 10.5. The van der Waals surface area contributed by atoms with Crippen LogP contribution in [0.15, 0.2) is 18.2 Å². The molecule has 0 heterocycles. The van der Waals surface area contributed by atoms with Gasteiger partial charge in [-0.2, -0.15) is 0 Å². The maximum Gasteiger partial charge on any atom is 0.311 e. The first kappa shape index (κ1) is 20.8. The van der Waals surface area contributed by atoms with E-state index in [1.54, 1.807) is 26.0 Å². The van der Waals surface area contributed by atoms with Gasteiger partial charge in [-0.25, -0.2) is 0 Å². The molecule has 2 amide bonds. The highest BCUT2D eigenvalue weighted by atomic mass is 32.2. The van der Waals surface area contributed by atoms with E-state index in [1.165, 1.54) is 24.9 Å². The monoisotopic (exact) mass is 369 g/mol. The van der Waals surface area contributed by atoms with Crippen molar-refractivity contribution in [3.05, 3.63) is 33.9 Å².